The maximum atomic E-state index is 11.6. The Bertz CT molecular complexity index is 487. The molecule has 0 saturated heterocycles. The summed E-state index contributed by atoms with van der Waals surface area (Å²) < 4.78 is 0. The number of rotatable bonds is 4. The molecule has 0 aliphatic carbocycles. The molecule has 18 heavy (non-hydrogen) atoms. The fourth-order valence-corrected chi connectivity index (χ4v) is 1.26. The number of amides is 3. The van der Waals surface area contributed by atoms with E-state index < -0.39 is 23.9 Å². The molecule has 1 rings (SSSR count). The van der Waals surface area contributed by atoms with Crippen LogP contribution in [0, 0.1) is 0 Å². The van der Waals surface area contributed by atoms with Crippen LogP contribution < -0.4 is 16.4 Å². The van der Waals surface area contributed by atoms with Gasteiger partial charge < -0.3 is 21.5 Å². The standard InChI is InChI=1S/C11H13N3O4/c1-6(13-11(12)18)9(15)14-8-4-2-3-7(5-8)10(16)17/h2-6H,1H3,(H,14,15)(H,16,17)(H3,12,13,18). The van der Waals surface area contributed by atoms with Gasteiger partial charge in [0, 0.05) is 5.69 Å². The summed E-state index contributed by atoms with van der Waals surface area (Å²) in [4.78, 5) is 32.9. The number of carbonyl (C=O) groups is 3. The minimum atomic E-state index is -1.09. The second-order valence-corrected chi connectivity index (χ2v) is 3.61. The van der Waals surface area contributed by atoms with E-state index in [4.69, 9.17) is 10.8 Å². The van der Waals surface area contributed by atoms with Crippen molar-refractivity contribution < 1.29 is 19.5 Å². The van der Waals surface area contributed by atoms with Gasteiger partial charge in [0.1, 0.15) is 6.04 Å². The van der Waals surface area contributed by atoms with Crippen LogP contribution in [0.25, 0.3) is 0 Å². The number of primary amides is 1. The molecule has 7 nitrogen and oxygen atoms in total. The van der Waals surface area contributed by atoms with Gasteiger partial charge in [0.25, 0.3) is 0 Å². The van der Waals surface area contributed by atoms with Crippen molar-refractivity contribution in [3.05, 3.63) is 29.8 Å². The van der Waals surface area contributed by atoms with E-state index in [2.05, 4.69) is 10.6 Å². The molecule has 1 aromatic rings. The predicted molar refractivity (Wildman–Crippen MR) is 64.2 cm³/mol. The lowest BCUT2D eigenvalue weighted by Crippen LogP contribution is -2.44. The first-order valence-corrected chi connectivity index (χ1v) is 5.10. The van der Waals surface area contributed by atoms with Crippen molar-refractivity contribution >= 4 is 23.6 Å². The number of nitrogens with one attached hydrogen (secondary N) is 2. The van der Waals surface area contributed by atoms with E-state index in [9.17, 15) is 14.4 Å². The van der Waals surface area contributed by atoms with Crippen LogP contribution in [0.1, 0.15) is 17.3 Å². The number of hydrogen-bond donors (Lipinski definition) is 4. The number of carbonyl (C=O) groups excluding carboxylic acids is 2. The highest BCUT2D eigenvalue weighted by Gasteiger charge is 2.14. The average molecular weight is 251 g/mol. The van der Waals surface area contributed by atoms with Crippen molar-refractivity contribution in [2.45, 2.75) is 13.0 Å². The first-order valence-electron chi connectivity index (χ1n) is 5.10. The van der Waals surface area contributed by atoms with Gasteiger partial charge >= 0.3 is 12.0 Å². The summed E-state index contributed by atoms with van der Waals surface area (Å²) in [5.74, 6) is -1.58. The van der Waals surface area contributed by atoms with Gasteiger partial charge in [-0.2, -0.15) is 0 Å². The van der Waals surface area contributed by atoms with Crippen LogP contribution in [0.3, 0.4) is 0 Å². The summed E-state index contributed by atoms with van der Waals surface area (Å²) in [5.41, 5.74) is 5.27. The quantitative estimate of drug-likeness (QED) is 0.617. The number of benzene rings is 1. The van der Waals surface area contributed by atoms with Crippen LogP contribution in [0.2, 0.25) is 0 Å². The van der Waals surface area contributed by atoms with Crippen LogP contribution in [0.15, 0.2) is 24.3 Å². The van der Waals surface area contributed by atoms with Crippen LogP contribution in [-0.2, 0) is 4.79 Å². The minimum Gasteiger partial charge on any atom is -0.478 e. The average Bonchev–Trinajstić information content (AvgIpc) is 2.28. The largest absolute Gasteiger partial charge is 0.478 e. The Morgan fingerprint density at radius 1 is 1.33 bits per heavy atom. The molecule has 0 aliphatic heterocycles. The van der Waals surface area contributed by atoms with Crippen molar-refractivity contribution in [2.24, 2.45) is 5.73 Å². The zero-order chi connectivity index (χ0) is 13.7. The van der Waals surface area contributed by atoms with Gasteiger partial charge in [0.15, 0.2) is 0 Å². The molecule has 7 heteroatoms. The predicted octanol–water partition coefficient (Wildman–Crippen LogP) is 0.380. The first kappa shape index (κ1) is 13.5. The summed E-state index contributed by atoms with van der Waals surface area (Å²) >= 11 is 0. The molecule has 0 bridgehead atoms. The van der Waals surface area contributed by atoms with E-state index in [1.807, 2.05) is 0 Å². The van der Waals surface area contributed by atoms with E-state index >= 15 is 0 Å². The molecule has 0 heterocycles. The first-order chi connectivity index (χ1) is 8.40. The topological polar surface area (TPSA) is 122 Å². The highest BCUT2D eigenvalue weighted by molar-refractivity contribution is 5.97. The normalized spacial score (nSPS) is 11.4. The Labute approximate surface area is 103 Å². The van der Waals surface area contributed by atoms with E-state index in [1.54, 1.807) is 6.07 Å². The molecule has 5 N–H and O–H groups in total. The van der Waals surface area contributed by atoms with Crippen LogP contribution in [0.4, 0.5) is 10.5 Å². The molecular weight excluding hydrogens is 238 g/mol. The zero-order valence-electron chi connectivity index (χ0n) is 9.64. The zero-order valence-corrected chi connectivity index (χ0v) is 9.64. The number of nitrogens with two attached hydrogens (primary N) is 1. The van der Waals surface area contributed by atoms with Gasteiger partial charge in [-0.05, 0) is 25.1 Å². The Balaban J connectivity index is 2.72. The number of carboxylic acid groups (broad SMARTS) is 1. The van der Waals surface area contributed by atoms with Gasteiger partial charge in [-0.3, -0.25) is 4.79 Å². The summed E-state index contributed by atoms with van der Waals surface area (Å²) in [6.45, 7) is 1.46. The summed E-state index contributed by atoms with van der Waals surface area (Å²) in [5, 5.41) is 13.5. The molecule has 3 amide bonds. The highest BCUT2D eigenvalue weighted by Crippen LogP contribution is 2.10. The van der Waals surface area contributed by atoms with Crippen LogP contribution >= 0.6 is 0 Å². The molecule has 1 unspecified atom stereocenters. The van der Waals surface area contributed by atoms with E-state index in [1.165, 1.54) is 25.1 Å². The number of urea groups is 1. The third kappa shape index (κ3) is 3.78. The van der Waals surface area contributed by atoms with E-state index in [-0.39, 0.29) is 5.56 Å². The second kappa shape index (κ2) is 5.67. The SMILES string of the molecule is CC(NC(N)=O)C(=O)Nc1cccc(C(=O)O)c1. The summed E-state index contributed by atoms with van der Waals surface area (Å²) in [6, 6.07) is 4.15. The second-order valence-electron chi connectivity index (χ2n) is 3.61. The van der Waals surface area contributed by atoms with Crippen molar-refractivity contribution in [2.75, 3.05) is 5.32 Å². The number of anilines is 1. The third-order valence-corrected chi connectivity index (χ3v) is 2.13. The molecule has 1 aromatic carbocycles. The third-order valence-electron chi connectivity index (χ3n) is 2.13. The molecule has 0 spiro atoms. The van der Waals surface area contributed by atoms with E-state index in [0.29, 0.717) is 5.69 Å². The smallest absolute Gasteiger partial charge is 0.335 e. The van der Waals surface area contributed by atoms with Crippen LogP contribution in [0.5, 0.6) is 0 Å². The Hall–Kier alpha value is -2.57. The maximum absolute atomic E-state index is 11.6. The Morgan fingerprint density at radius 3 is 2.56 bits per heavy atom. The Kier molecular flexibility index (Phi) is 4.25. The van der Waals surface area contributed by atoms with Crippen molar-refractivity contribution in [3.63, 3.8) is 0 Å². The van der Waals surface area contributed by atoms with E-state index in [0.717, 1.165) is 0 Å². The highest BCUT2D eigenvalue weighted by atomic mass is 16.4. The molecule has 0 fully saturated rings. The molecule has 0 aromatic heterocycles. The van der Waals surface area contributed by atoms with Crippen LogP contribution in [-0.4, -0.2) is 29.1 Å². The summed E-state index contributed by atoms with van der Waals surface area (Å²) in [7, 11) is 0. The lowest BCUT2D eigenvalue weighted by molar-refractivity contribution is -0.117. The minimum absolute atomic E-state index is 0.0586. The van der Waals surface area contributed by atoms with Crippen molar-refractivity contribution in [1.29, 1.82) is 0 Å². The van der Waals surface area contributed by atoms with Gasteiger partial charge in [0.05, 0.1) is 5.56 Å². The van der Waals surface area contributed by atoms with Gasteiger partial charge in [-0.25, -0.2) is 9.59 Å². The molecule has 1 atom stereocenters. The molecule has 0 saturated carbocycles. The number of aromatic carboxylic acids is 1. The lowest BCUT2D eigenvalue weighted by Gasteiger charge is -2.12. The monoisotopic (exact) mass is 251 g/mol. The van der Waals surface area contributed by atoms with Gasteiger partial charge in [0.2, 0.25) is 5.91 Å². The maximum Gasteiger partial charge on any atom is 0.335 e. The van der Waals surface area contributed by atoms with Crippen molar-refractivity contribution in [1.82, 2.24) is 5.32 Å². The lowest BCUT2D eigenvalue weighted by atomic mass is 10.2. The van der Waals surface area contributed by atoms with Gasteiger partial charge in [-0.1, -0.05) is 6.07 Å². The number of hydrogen-bond acceptors (Lipinski definition) is 3. The summed E-state index contributed by atoms with van der Waals surface area (Å²) in [6.07, 6.45) is 0. The fraction of sp³-hybridized carbons (Fsp3) is 0.182. The Morgan fingerprint density at radius 2 is 2.00 bits per heavy atom. The molecular formula is C11H13N3O4. The number of carboxylic acids is 1. The molecule has 0 radical (unpaired) electrons. The fourth-order valence-electron chi connectivity index (χ4n) is 1.26. The van der Waals surface area contributed by atoms with Crippen molar-refractivity contribution in [3.8, 4) is 0 Å². The van der Waals surface area contributed by atoms with Gasteiger partial charge in [-0.15, -0.1) is 0 Å². The molecule has 0 aliphatic rings. The molecule has 96 valence electrons.